The zero-order chi connectivity index (χ0) is 17.2. The molecule has 0 aromatic carbocycles. The van der Waals surface area contributed by atoms with Gasteiger partial charge < -0.3 is 11.1 Å². The lowest BCUT2D eigenvalue weighted by atomic mass is 9.92. The van der Waals surface area contributed by atoms with Crippen molar-refractivity contribution in [3.8, 4) is 0 Å². The molecule has 9 nitrogen and oxygen atoms in total. The van der Waals surface area contributed by atoms with E-state index in [9.17, 15) is 4.79 Å². The maximum absolute atomic E-state index is 12.3. The lowest BCUT2D eigenvalue weighted by Gasteiger charge is -2.25. The van der Waals surface area contributed by atoms with E-state index in [-0.39, 0.29) is 18.0 Å². The summed E-state index contributed by atoms with van der Waals surface area (Å²) in [6, 6.07) is 2.36. The molecule has 3 N–H and O–H groups in total. The first-order valence-corrected chi connectivity index (χ1v) is 8.43. The molecule has 1 saturated carbocycles. The second-order valence-electron chi connectivity index (χ2n) is 6.39. The van der Waals surface area contributed by atoms with Crippen molar-refractivity contribution in [2.75, 3.05) is 0 Å². The SMILES string of the molecule is NC1CCC(n2cc(C(=O)NCc3cnn4cccnc34)nn2)CC1. The summed E-state index contributed by atoms with van der Waals surface area (Å²) in [5.74, 6) is -0.256. The van der Waals surface area contributed by atoms with Crippen LogP contribution >= 0.6 is 0 Å². The van der Waals surface area contributed by atoms with E-state index in [0.29, 0.717) is 12.2 Å². The van der Waals surface area contributed by atoms with Gasteiger partial charge in [0.15, 0.2) is 11.3 Å². The number of fused-ring (bicyclic) bond motifs is 1. The van der Waals surface area contributed by atoms with Gasteiger partial charge in [0.2, 0.25) is 0 Å². The van der Waals surface area contributed by atoms with Crippen molar-refractivity contribution in [1.82, 2.24) is 34.9 Å². The summed E-state index contributed by atoms with van der Waals surface area (Å²) < 4.78 is 3.46. The topological polar surface area (TPSA) is 116 Å². The number of hydrogen-bond acceptors (Lipinski definition) is 6. The third-order valence-electron chi connectivity index (χ3n) is 4.65. The number of nitrogens with zero attached hydrogens (tertiary/aromatic N) is 6. The number of hydrogen-bond donors (Lipinski definition) is 2. The molecule has 1 aliphatic carbocycles. The van der Waals surface area contributed by atoms with Crippen LogP contribution in [0.15, 0.2) is 30.9 Å². The lowest BCUT2D eigenvalue weighted by Crippen LogP contribution is -2.28. The highest BCUT2D eigenvalue weighted by Crippen LogP contribution is 2.26. The normalized spacial score (nSPS) is 20.7. The number of carbonyl (C=O) groups excluding carboxylic acids is 1. The molecule has 25 heavy (non-hydrogen) atoms. The monoisotopic (exact) mass is 340 g/mol. The molecule has 1 amide bonds. The van der Waals surface area contributed by atoms with Gasteiger partial charge >= 0.3 is 0 Å². The maximum Gasteiger partial charge on any atom is 0.273 e. The van der Waals surface area contributed by atoms with Crippen LogP contribution in [0.4, 0.5) is 0 Å². The summed E-state index contributed by atoms with van der Waals surface area (Å²) in [7, 11) is 0. The van der Waals surface area contributed by atoms with E-state index in [1.165, 1.54) is 0 Å². The summed E-state index contributed by atoms with van der Waals surface area (Å²) in [6.07, 6.45) is 10.8. The van der Waals surface area contributed by atoms with Gasteiger partial charge in [0.05, 0.1) is 18.4 Å². The molecule has 4 rings (SSSR count). The second kappa shape index (κ2) is 6.60. The van der Waals surface area contributed by atoms with Gasteiger partial charge in [-0.1, -0.05) is 5.21 Å². The predicted octanol–water partition coefficient (Wildman–Crippen LogP) is 0.693. The van der Waals surface area contributed by atoms with Crippen molar-refractivity contribution in [3.05, 3.63) is 42.1 Å². The van der Waals surface area contributed by atoms with E-state index in [2.05, 4.69) is 25.7 Å². The minimum absolute atomic E-state index is 0.256. The molecule has 0 atom stereocenters. The summed E-state index contributed by atoms with van der Waals surface area (Å²) in [4.78, 5) is 16.6. The largest absolute Gasteiger partial charge is 0.346 e. The van der Waals surface area contributed by atoms with E-state index in [0.717, 1.165) is 36.9 Å². The van der Waals surface area contributed by atoms with Crippen molar-refractivity contribution in [2.24, 2.45) is 5.73 Å². The highest BCUT2D eigenvalue weighted by Gasteiger charge is 2.22. The Kier molecular flexibility index (Phi) is 4.14. The van der Waals surface area contributed by atoms with Gasteiger partial charge in [-0.2, -0.15) is 5.10 Å². The van der Waals surface area contributed by atoms with Crippen molar-refractivity contribution >= 4 is 11.6 Å². The quantitative estimate of drug-likeness (QED) is 0.722. The average molecular weight is 340 g/mol. The maximum atomic E-state index is 12.3. The van der Waals surface area contributed by atoms with Crippen LogP contribution in [0.5, 0.6) is 0 Å². The number of amides is 1. The molecule has 1 fully saturated rings. The van der Waals surface area contributed by atoms with E-state index in [1.54, 1.807) is 33.9 Å². The number of nitrogens with two attached hydrogens (primary N) is 1. The number of carbonyl (C=O) groups is 1. The number of rotatable bonds is 4. The Bertz CT molecular complexity index is 877. The molecular formula is C16H20N8O. The molecule has 130 valence electrons. The fraction of sp³-hybridized carbons (Fsp3) is 0.438. The first-order valence-electron chi connectivity index (χ1n) is 8.43. The Balaban J connectivity index is 1.40. The first-order chi connectivity index (χ1) is 12.2. The van der Waals surface area contributed by atoms with Gasteiger partial charge in [-0.3, -0.25) is 4.79 Å². The smallest absolute Gasteiger partial charge is 0.273 e. The summed E-state index contributed by atoms with van der Waals surface area (Å²) >= 11 is 0. The Morgan fingerprint density at radius 1 is 1.32 bits per heavy atom. The standard InChI is InChI=1S/C16H20N8O/c17-12-2-4-13(5-3-12)24-10-14(21-22-24)16(25)19-8-11-9-20-23-7-1-6-18-15(11)23/h1,6-7,9-10,12-13H,2-5,8,17H2,(H,19,25). The molecule has 0 saturated heterocycles. The minimum Gasteiger partial charge on any atom is -0.346 e. The number of nitrogens with one attached hydrogen (secondary N) is 1. The third-order valence-corrected chi connectivity index (χ3v) is 4.65. The van der Waals surface area contributed by atoms with Crippen LogP contribution in [0.25, 0.3) is 5.65 Å². The Morgan fingerprint density at radius 2 is 2.16 bits per heavy atom. The fourth-order valence-corrected chi connectivity index (χ4v) is 3.19. The zero-order valence-electron chi connectivity index (χ0n) is 13.7. The average Bonchev–Trinajstić information content (AvgIpc) is 3.28. The summed E-state index contributed by atoms with van der Waals surface area (Å²) in [5, 5.41) is 15.2. The highest BCUT2D eigenvalue weighted by molar-refractivity contribution is 5.91. The van der Waals surface area contributed by atoms with Gasteiger partial charge in [0, 0.05) is 30.5 Å². The molecule has 0 radical (unpaired) electrons. The van der Waals surface area contributed by atoms with Crippen LogP contribution in [0.2, 0.25) is 0 Å². The van der Waals surface area contributed by atoms with E-state index < -0.39 is 0 Å². The molecule has 9 heteroatoms. The minimum atomic E-state index is -0.256. The van der Waals surface area contributed by atoms with Crippen LogP contribution in [0.1, 0.15) is 47.8 Å². The van der Waals surface area contributed by atoms with Crippen molar-refractivity contribution in [2.45, 2.75) is 44.3 Å². The second-order valence-corrected chi connectivity index (χ2v) is 6.39. The van der Waals surface area contributed by atoms with Gasteiger partial charge in [-0.05, 0) is 31.7 Å². The molecule has 3 aromatic heterocycles. The van der Waals surface area contributed by atoms with Gasteiger partial charge in [0.25, 0.3) is 5.91 Å². The molecule has 1 aliphatic rings. The van der Waals surface area contributed by atoms with Gasteiger partial charge in [0.1, 0.15) is 0 Å². The predicted molar refractivity (Wildman–Crippen MR) is 89.7 cm³/mol. The van der Waals surface area contributed by atoms with Crippen LogP contribution in [-0.4, -0.2) is 41.5 Å². The summed E-state index contributed by atoms with van der Waals surface area (Å²) in [6.45, 7) is 0.338. The molecule has 0 unspecified atom stereocenters. The molecular weight excluding hydrogens is 320 g/mol. The third kappa shape index (κ3) is 3.22. The van der Waals surface area contributed by atoms with Crippen molar-refractivity contribution in [1.29, 1.82) is 0 Å². The Labute approximate surface area is 144 Å². The van der Waals surface area contributed by atoms with E-state index >= 15 is 0 Å². The Hall–Kier alpha value is -2.81. The van der Waals surface area contributed by atoms with Crippen LogP contribution in [0.3, 0.4) is 0 Å². The fourth-order valence-electron chi connectivity index (χ4n) is 3.19. The Morgan fingerprint density at radius 3 is 3.00 bits per heavy atom. The lowest BCUT2D eigenvalue weighted by molar-refractivity contribution is 0.0946. The number of aromatic nitrogens is 6. The van der Waals surface area contributed by atoms with Crippen molar-refractivity contribution in [3.63, 3.8) is 0 Å². The zero-order valence-corrected chi connectivity index (χ0v) is 13.7. The van der Waals surface area contributed by atoms with Crippen LogP contribution in [0, 0.1) is 0 Å². The van der Waals surface area contributed by atoms with Crippen LogP contribution < -0.4 is 11.1 Å². The van der Waals surface area contributed by atoms with E-state index in [1.807, 2.05) is 6.20 Å². The highest BCUT2D eigenvalue weighted by atomic mass is 16.2. The van der Waals surface area contributed by atoms with Crippen LogP contribution in [-0.2, 0) is 6.54 Å². The summed E-state index contributed by atoms with van der Waals surface area (Å²) in [5.41, 5.74) is 7.83. The molecule has 3 heterocycles. The van der Waals surface area contributed by atoms with Gasteiger partial charge in [-0.25, -0.2) is 14.2 Å². The molecule has 3 aromatic rings. The first kappa shape index (κ1) is 15.7. The van der Waals surface area contributed by atoms with Gasteiger partial charge in [-0.15, -0.1) is 5.10 Å². The van der Waals surface area contributed by atoms with Crippen molar-refractivity contribution < 1.29 is 4.79 Å². The van der Waals surface area contributed by atoms with E-state index in [4.69, 9.17) is 5.73 Å². The molecule has 0 aliphatic heterocycles. The molecule has 0 spiro atoms. The molecule has 0 bridgehead atoms.